The summed E-state index contributed by atoms with van der Waals surface area (Å²) in [5.41, 5.74) is 1.35. The van der Waals surface area contributed by atoms with Gasteiger partial charge in [-0.15, -0.1) is 11.8 Å². The highest BCUT2D eigenvalue weighted by molar-refractivity contribution is 9.10. The number of nitrogens with one attached hydrogen (secondary N) is 1. The summed E-state index contributed by atoms with van der Waals surface area (Å²) in [5.74, 6) is 0. The van der Waals surface area contributed by atoms with Crippen LogP contribution >= 0.6 is 27.7 Å². The molecule has 0 saturated heterocycles. The molecule has 2 rings (SSSR count). The number of hydrogen-bond acceptors (Lipinski definition) is 2. The first-order valence-electron chi connectivity index (χ1n) is 6.89. The minimum absolute atomic E-state index is 0.366. The van der Waals surface area contributed by atoms with E-state index in [4.69, 9.17) is 0 Å². The summed E-state index contributed by atoms with van der Waals surface area (Å²) in [5, 5.41) is 3.98. The molecule has 2 aromatic rings. The lowest BCUT2D eigenvalue weighted by molar-refractivity contribution is 0.556. The van der Waals surface area contributed by atoms with E-state index in [1.54, 1.807) is 0 Å². The minimum Gasteiger partial charge on any atom is -0.312 e. The van der Waals surface area contributed by atoms with Gasteiger partial charge in [0, 0.05) is 20.7 Å². The van der Waals surface area contributed by atoms with E-state index in [1.807, 2.05) is 18.8 Å². The lowest BCUT2D eigenvalue weighted by Crippen LogP contribution is -2.26. The summed E-state index contributed by atoms with van der Waals surface area (Å²) in [7, 11) is 2.04. The second-order valence-electron chi connectivity index (χ2n) is 4.70. The number of thioether (sulfide) groups is 1. The topological polar surface area (TPSA) is 12.0 Å². The molecule has 0 radical (unpaired) electrons. The Balaban J connectivity index is 2.18. The highest BCUT2D eigenvalue weighted by Gasteiger charge is 2.21. The molecular formula is C17H20BrNS. The Kier molecular flexibility index (Phi) is 6.14. The van der Waals surface area contributed by atoms with Crippen LogP contribution in [0.3, 0.4) is 0 Å². The third kappa shape index (κ3) is 4.11. The normalized spacial score (nSPS) is 13.9. The van der Waals surface area contributed by atoms with Crippen LogP contribution in [0.1, 0.15) is 24.9 Å². The van der Waals surface area contributed by atoms with Gasteiger partial charge in [-0.25, -0.2) is 0 Å². The third-order valence-corrected chi connectivity index (χ3v) is 5.25. The summed E-state index contributed by atoms with van der Waals surface area (Å²) >= 11 is 5.48. The number of hydrogen-bond donors (Lipinski definition) is 1. The molecule has 0 heterocycles. The van der Waals surface area contributed by atoms with Crippen molar-refractivity contribution in [3.05, 3.63) is 64.6 Å². The lowest BCUT2D eigenvalue weighted by atomic mass is 10.0. The molecule has 0 aromatic heterocycles. The molecule has 2 aromatic carbocycles. The van der Waals surface area contributed by atoms with Crippen molar-refractivity contribution in [3.63, 3.8) is 0 Å². The Morgan fingerprint density at radius 3 is 2.45 bits per heavy atom. The maximum absolute atomic E-state index is 3.54. The largest absolute Gasteiger partial charge is 0.312 e. The second-order valence-corrected chi connectivity index (χ2v) is 6.93. The van der Waals surface area contributed by atoms with Gasteiger partial charge < -0.3 is 5.32 Å². The van der Waals surface area contributed by atoms with Crippen molar-refractivity contribution in [3.8, 4) is 0 Å². The molecule has 20 heavy (non-hydrogen) atoms. The van der Waals surface area contributed by atoms with Gasteiger partial charge in [0.15, 0.2) is 0 Å². The Bertz CT molecular complexity index is 530. The lowest BCUT2D eigenvalue weighted by Gasteiger charge is -2.26. The molecule has 3 heteroatoms. The zero-order valence-corrected chi connectivity index (χ0v) is 14.2. The van der Waals surface area contributed by atoms with Crippen LogP contribution < -0.4 is 5.32 Å². The fourth-order valence-corrected chi connectivity index (χ4v) is 4.18. The van der Waals surface area contributed by atoms with E-state index in [9.17, 15) is 0 Å². The SMILES string of the molecule is CCC(Sc1cccc(Br)c1)C(NC)c1ccccc1. The van der Waals surface area contributed by atoms with Crippen LogP contribution in [0.15, 0.2) is 64.0 Å². The average molecular weight is 350 g/mol. The van der Waals surface area contributed by atoms with E-state index in [0.29, 0.717) is 11.3 Å². The molecule has 2 atom stereocenters. The van der Waals surface area contributed by atoms with Crippen LogP contribution in [0.5, 0.6) is 0 Å². The quantitative estimate of drug-likeness (QED) is 0.712. The van der Waals surface area contributed by atoms with Gasteiger partial charge in [0.1, 0.15) is 0 Å². The van der Waals surface area contributed by atoms with Crippen molar-refractivity contribution in [1.82, 2.24) is 5.32 Å². The molecule has 1 nitrogen and oxygen atoms in total. The standard InChI is InChI=1S/C17H20BrNS/c1-3-16(20-15-11-7-10-14(18)12-15)17(19-2)13-8-5-4-6-9-13/h4-12,16-17,19H,3H2,1-2H3. The summed E-state index contributed by atoms with van der Waals surface area (Å²) in [4.78, 5) is 1.31. The van der Waals surface area contributed by atoms with Crippen LogP contribution in [0, 0.1) is 0 Å². The third-order valence-electron chi connectivity index (χ3n) is 3.33. The van der Waals surface area contributed by atoms with E-state index in [-0.39, 0.29) is 0 Å². The van der Waals surface area contributed by atoms with E-state index in [1.165, 1.54) is 10.5 Å². The predicted octanol–water partition coefficient (Wildman–Crippen LogP) is 5.28. The highest BCUT2D eigenvalue weighted by Crippen LogP contribution is 2.35. The molecule has 0 aliphatic carbocycles. The van der Waals surface area contributed by atoms with E-state index < -0.39 is 0 Å². The molecule has 0 amide bonds. The maximum Gasteiger partial charge on any atom is 0.0441 e. The van der Waals surface area contributed by atoms with Crippen LogP contribution in [-0.2, 0) is 0 Å². The Morgan fingerprint density at radius 2 is 1.85 bits per heavy atom. The van der Waals surface area contributed by atoms with E-state index in [0.717, 1.165) is 10.9 Å². The van der Waals surface area contributed by atoms with Gasteiger partial charge in [-0.3, -0.25) is 0 Å². The smallest absolute Gasteiger partial charge is 0.0441 e. The molecule has 2 unspecified atom stereocenters. The number of benzene rings is 2. The minimum atomic E-state index is 0.366. The molecule has 0 bridgehead atoms. The van der Waals surface area contributed by atoms with Gasteiger partial charge in [0.25, 0.3) is 0 Å². The first-order chi connectivity index (χ1) is 9.74. The molecule has 0 saturated carbocycles. The number of rotatable bonds is 6. The van der Waals surface area contributed by atoms with Gasteiger partial charge in [-0.1, -0.05) is 59.3 Å². The van der Waals surface area contributed by atoms with Crippen LogP contribution in [0.25, 0.3) is 0 Å². The van der Waals surface area contributed by atoms with Gasteiger partial charge in [0.05, 0.1) is 0 Å². The van der Waals surface area contributed by atoms with Crippen molar-refractivity contribution in [2.45, 2.75) is 29.5 Å². The molecule has 0 spiro atoms. The Morgan fingerprint density at radius 1 is 1.10 bits per heavy atom. The fraction of sp³-hybridized carbons (Fsp3) is 0.294. The monoisotopic (exact) mass is 349 g/mol. The molecule has 0 aliphatic heterocycles. The van der Waals surface area contributed by atoms with Crippen molar-refractivity contribution in [1.29, 1.82) is 0 Å². The maximum atomic E-state index is 3.54. The molecule has 1 N–H and O–H groups in total. The zero-order chi connectivity index (χ0) is 14.4. The average Bonchev–Trinajstić information content (AvgIpc) is 2.48. The van der Waals surface area contributed by atoms with Gasteiger partial charge in [-0.2, -0.15) is 0 Å². The van der Waals surface area contributed by atoms with Crippen molar-refractivity contribution in [2.75, 3.05) is 7.05 Å². The zero-order valence-electron chi connectivity index (χ0n) is 11.8. The number of halogens is 1. The molecular weight excluding hydrogens is 330 g/mol. The Hall–Kier alpha value is -0.770. The fourth-order valence-electron chi connectivity index (χ4n) is 2.33. The Labute approximate surface area is 134 Å². The van der Waals surface area contributed by atoms with Crippen LogP contribution in [-0.4, -0.2) is 12.3 Å². The van der Waals surface area contributed by atoms with Gasteiger partial charge >= 0.3 is 0 Å². The first kappa shape index (κ1) is 15.6. The molecule has 0 fully saturated rings. The summed E-state index contributed by atoms with van der Waals surface area (Å²) in [6, 6.07) is 19.6. The van der Waals surface area contributed by atoms with Crippen LogP contribution in [0.4, 0.5) is 0 Å². The van der Waals surface area contributed by atoms with Crippen LogP contribution in [0.2, 0.25) is 0 Å². The first-order valence-corrected chi connectivity index (χ1v) is 8.56. The van der Waals surface area contributed by atoms with Gasteiger partial charge in [0.2, 0.25) is 0 Å². The molecule has 0 aliphatic rings. The summed E-state index contributed by atoms with van der Waals surface area (Å²) in [6.07, 6.45) is 1.12. The van der Waals surface area contributed by atoms with Crippen molar-refractivity contribution < 1.29 is 0 Å². The highest BCUT2D eigenvalue weighted by atomic mass is 79.9. The van der Waals surface area contributed by atoms with Gasteiger partial charge in [-0.05, 0) is 37.2 Å². The summed E-state index contributed by atoms with van der Waals surface area (Å²) in [6.45, 7) is 2.25. The van der Waals surface area contributed by atoms with E-state index in [2.05, 4.69) is 82.8 Å². The molecule has 106 valence electrons. The summed E-state index contributed by atoms with van der Waals surface area (Å²) < 4.78 is 1.14. The predicted molar refractivity (Wildman–Crippen MR) is 92.3 cm³/mol. The van der Waals surface area contributed by atoms with Crippen molar-refractivity contribution in [2.24, 2.45) is 0 Å². The van der Waals surface area contributed by atoms with Crippen molar-refractivity contribution >= 4 is 27.7 Å². The second kappa shape index (κ2) is 7.87. The van der Waals surface area contributed by atoms with E-state index >= 15 is 0 Å².